The Labute approximate surface area is 111 Å². The zero-order valence-corrected chi connectivity index (χ0v) is 10.8. The van der Waals surface area contributed by atoms with Gasteiger partial charge in [-0.3, -0.25) is 10.1 Å². The monoisotopic (exact) mass is 251 g/mol. The van der Waals surface area contributed by atoms with Crippen molar-refractivity contribution >= 4 is 11.3 Å². The molecule has 0 heterocycles. The summed E-state index contributed by atoms with van der Waals surface area (Å²) in [6.07, 6.45) is 0. The molecule has 0 N–H and O–H groups in total. The summed E-state index contributed by atoms with van der Waals surface area (Å²) in [5.74, 6) is 0. The molecule has 3 rings (SSSR count). The van der Waals surface area contributed by atoms with Crippen LogP contribution < -0.4 is 0 Å². The van der Waals surface area contributed by atoms with Crippen molar-refractivity contribution in [1.29, 1.82) is 0 Å². The first-order chi connectivity index (χ1) is 9.09. The summed E-state index contributed by atoms with van der Waals surface area (Å²) in [6.45, 7) is 4.08. The molecule has 0 amide bonds. The number of nitrogens with zero attached hydrogens (tertiary/aromatic N) is 1. The summed E-state index contributed by atoms with van der Waals surface area (Å²) >= 11 is 0. The summed E-state index contributed by atoms with van der Waals surface area (Å²) in [6, 6.07) is 13.2. The summed E-state index contributed by atoms with van der Waals surface area (Å²) in [4.78, 5) is 10.6. The van der Waals surface area contributed by atoms with Crippen molar-refractivity contribution in [2.45, 2.75) is 13.8 Å². The Morgan fingerprint density at radius 3 is 2.21 bits per heavy atom. The minimum atomic E-state index is -0.341. The molecule has 2 aromatic rings. The van der Waals surface area contributed by atoms with Crippen LogP contribution in [0.25, 0.3) is 16.7 Å². The Morgan fingerprint density at radius 1 is 0.947 bits per heavy atom. The smallest absolute Gasteiger partial charge is 0.258 e. The number of hydrogen-bond acceptors (Lipinski definition) is 2. The van der Waals surface area contributed by atoms with Crippen molar-refractivity contribution in [2.24, 2.45) is 0 Å². The number of nitro benzene ring substituents is 1. The van der Waals surface area contributed by atoms with Gasteiger partial charge in [-0.15, -0.1) is 0 Å². The van der Waals surface area contributed by atoms with Gasteiger partial charge in [0.05, 0.1) is 4.92 Å². The number of rotatable bonds is 1. The second kappa shape index (κ2) is 4.05. The molecular formula is C16H13NO2. The predicted octanol–water partition coefficient (Wildman–Crippen LogP) is 4.42. The molecule has 0 unspecified atom stereocenters. The fraction of sp³-hybridized carbons (Fsp3) is 0.125. The molecule has 94 valence electrons. The molecule has 3 nitrogen and oxygen atoms in total. The lowest BCUT2D eigenvalue weighted by atomic mass is 9.99. The van der Waals surface area contributed by atoms with Crippen LogP contribution in [0.4, 0.5) is 5.69 Å². The SMILES string of the molecule is CC(C)=C1c2ccccc2-c2ccc([N+](=O)[O-])cc21. The minimum absolute atomic E-state index is 0.144. The van der Waals surface area contributed by atoms with Gasteiger partial charge in [0.25, 0.3) is 5.69 Å². The molecule has 0 spiro atoms. The van der Waals surface area contributed by atoms with Gasteiger partial charge in [0.1, 0.15) is 0 Å². The Hall–Kier alpha value is -2.42. The summed E-state index contributed by atoms with van der Waals surface area (Å²) in [5, 5.41) is 10.9. The molecule has 1 aliphatic rings. The van der Waals surface area contributed by atoms with Crippen molar-refractivity contribution in [3.63, 3.8) is 0 Å². The van der Waals surface area contributed by atoms with Crippen molar-refractivity contribution < 1.29 is 4.92 Å². The fourth-order valence-corrected chi connectivity index (χ4v) is 2.71. The second-order valence-corrected chi connectivity index (χ2v) is 4.91. The summed E-state index contributed by atoms with van der Waals surface area (Å²) in [7, 11) is 0. The molecule has 0 aromatic heterocycles. The predicted molar refractivity (Wildman–Crippen MR) is 75.9 cm³/mol. The first-order valence-corrected chi connectivity index (χ1v) is 6.15. The molecule has 0 bridgehead atoms. The van der Waals surface area contributed by atoms with Crippen LogP contribution >= 0.6 is 0 Å². The third-order valence-corrected chi connectivity index (χ3v) is 3.47. The van der Waals surface area contributed by atoms with Crippen LogP contribution in [0.3, 0.4) is 0 Å². The second-order valence-electron chi connectivity index (χ2n) is 4.91. The van der Waals surface area contributed by atoms with Crippen LogP contribution in [-0.2, 0) is 0 Å². The third-order valence-electron chi connectivity index (χ3n) is 3.47. The molecule has 0 fully saturated rings. The number of benzene rings is 2. The Morgan fingerprint density at radius 2 is 1.58 bits per heavy atom. The number of allylic oxidation sites excluding steroid dienone is 1. The molecule has 2 aromatic carbocycles. The van der Waals surface area contributed by atoms with E-state index in [1.807, 2.05) is 32.0 Å². The van der Waals surface area contributed by atoms with E-state index in [9.17, 15) is 10.1 Å². The highest BCUT2D eigenvalue weighted by molar-refractivity contribution is 6.02. The lowest BCUT2D eigenvalue weighted by Gasteiger charge is -2.04. The van der Waals surface area contributed by atoms with Crippen LogP contribution in [0.5, 0.6) is 0 Å². The first-order valence-electron chi connectivity index (χ1n) is 6.15. The Kier molecular flexibility index (Phi) is 2.49. The molecule has 1 aliphatic carbocycles. The van der Waals surface area contributed by atoms with E-state index in [0.717, 1.165) is 27.8 Å². The number of fused-ring (bicyclic) bond motifs is 3. The fourth-order valence-electron chi connectivity index (χ4n) is 2.71. The van der Waals surface area contributed by atoms with Gasteiger partial charge < -0.3 is 0 Å². The van der Waals surface area contributed by atoms with E-state index in [1.165, 1.54) is 5.57 Å². The zero-order chi connectivity index (χ0) is 13.6. The Balaban J connectivity index is 2.35. The van der Waals surface area contributed by atoms with Gasteiger partial charge >= 0.3 is 0 Å². The first kappa shape index (κ1) is 11.7. The number of hydrogen-bond donors (Lipinski definition) is 0. The van der Waals surface area contributed by atoms with Gasteiger partial charge in [-0.1, -0.05) is 29.8 Å². The van der Waals surface area contributed by atoms with Gasteiger partial charge in [0.15, 0.2) is 0 Å². The van der Waals surface area contributed by atoms with Gasteiger partial charge in [0.2, 0.25) is 0 Å². The average molecular weight is 251 g/mol. The van der Waals surface area contributed by atoms with E-state index < -0.39 is 0 Å². The van der Waals surface area contributed by atoms with Crippen LogP contribution in [-0.4, -0.2) is 4.92 Å². The maximum absolute atomic E-state index is 10.9. The zero-order valence-electron chi connectivity index (χ0n) is 10.8. The molecule has 0 aliphatic heterocycles. The summed E-state index contributed by atoms with van der Waals surface area (Å²) in [5.41, 5.74) is 6.81. The van der Waals surface area contributed by atoms with Crippen LogP contribution in [0.1, 0.15) is 25.0 Å². The average Bonchev–Trinajstić information content (AvgIpc) is 2.72. The van der Waals surface area contributed by atoms with E-state index in [-0.39, 0.29) is 10.6 Å². The molecule has 0 radical (unpaired) electrons. The van der Waals surface area contributed by atoms with Crippen molar-refractivity contribution in [3.8, 4) is 11.1 Å². The van der Waals surface area contributed by atoms with Gasteiger partial charge in [0, 0.05) is 12.1 Å². The molecule has 19 heavy (non-hydrogen) atoms. The standard InChI is InChI=1S/C16H13NO2/c1-10(2)16-14-6-4-3-5-12(14)13-8-7-11(17(18)19)9-15(13)16/h3-9H,1-2H3. The van der Waals surface area contributed by atoms with E-state index >= 15 is 0 Å². The highest BCUT2D eigenvalue weighted by Crippen LogP contribution is 2.46. The van der Waals surface area contributed by atoms with Gasteiger partial charge in [-0.05, 0) is 47.7 Å². The maximum Gasteiger partial charge on any atom is 0.270 e. The molecule has 0 saturated heterocycles. The van der Waals surface area contributed by atoms with Crippen molar-refractivity contribution in [2.75, 3.05) is 0 Å². The molecular weight excluding hydrogens is 238 g/mol. The largest absolute Gasteiger partial charge is 0.270 e. The maximum atomic E-state index is 10.9. The quantitative estimate of drug-likeness (QED) is 0.474. The highest BCUT2D eigenvalue weighted by atomic mass is 16.6. The van der Waals surface area contributed by atoms with Crippen LogP contribution in [0.2, 0.25) is 0 Å². The number of non-ortho nitro benzene ring substituents is 1. The number of nitro groups is 1. The normalized spacial score (nSPS) is 12.0. The van der Waals surface area contributed by atoms with Crippen molar-refractivity contribution in [1.82, 2.24) is 0 Å². The van der Waals surface area contributed by atoms with E-state index in [4.69, 9.17) is 0 Å². The molecule has 0 atom stereocenters. The topological polar surface area (TPSA) is 43.1 Å². The lowest BCUT2D eigenvalue weighted by Crippen LogP contribution is -1.90. The highest BCUT2D eigenvalue weighted by Gasteiger charge is 2.25. The van der Waals surface area contributed by atoms with Crippen molar-refractivity contribution in [3.05, 3.63) is 69.3 Å². The van der Waals surface area contributed by atoms with Crippen LogP contribution in [0, 0.1) is 10.1 Å². The van der Waals surface area contributed by atoms with E-state index in [1.54, 1.807) is 12.1 Å². The summed E-state index contributed by atoms with van der Waals surface area (Å²) < 4.78 is 0. The van der Waals surface area contributed by atoms with E-state index in [0.29, 0.717) is 0 Å². The lowest BCUT2D eigenvalue weighted by molar-refractivity contribution is -0.384. The third kappa shape index (κ3) is 1.66. The van der Waals surface area contributed by atoms with E-state index in [2.05, 4.69) is 12.1 Å². The molecule has 0 saturated carbocycles. The van der Waals surface area contributed by atoms with Gasteiger partial charge in [-0.25, -0.2) is 0 Å². The minimum Gasteiger partial charge on any atom is -0.258 e. The molecule has 3 heteroatoms. The van der Waals surface area contributed by atoms with Gasteiger partial charge in [-0.2, -0.15) is 0 Å². The van der Waals surface area contributed by atoms with Crippen LogP contribution in [0.15, 0.2) is 48.0 Å². The Bertz CT molecular complexity index is 725.